The van der Waals surface area contributed by atoms with Gasteiger partial charge in [-0.05, 0) is 90.1 Å². The molecule has 0 unspecified atom stereocenters. The van der Waals surface area contributed by atoms with E-state index < -0.39 is 110 Å². The smallest absolute Gasteiger partial charge is 0.412 e. The van der Waals surface area contributed by atoms with Crippen LogP contribution in [0, 0.1) is 0 Å². The Labute approximate surface area is 428 Å². The number of hydrogen-bond donors (Lipinski definition) is 1. The molecule has 6 rings (SSSR count). The van der Waals surface area contributed by atoms with Crippen LogP contribution in [0.3, 0.4) is 0 Å². The predicted octanol–water partition coefficient (Wildman–Crippen LogP) is 10.8. The lowest BCUT2D eigenvalue weighted by molar-refractivity contribution is -0.0886. The summed E-state index contributed by atoms with van der Waals surface area (Å²) in [5.41, 5.74) is -0.628. The Bertz CT molecular complexity index is 2350. The minimum Gasteiger partial charge on any atom is -0.459 e. The number of nitrogens with zero attached hydrogens (tertiary/aromatic N) is 1. The van der Waals surface area contributed by atoms with Gasteiger partial charge in [-0.2, -0.15) is 0 Å². The molecule has 0 aliphatic carbocycles. The molecule has 0 saturated carbocycles. The van der Waals surface area contributed by atoms with E-state index in [-0.39, 0.29) is 47.4 Å². The van der Waals surface area contributed by atoms with Crippen molar-refractivity contribution >= 4 is 36.1 Å². The molecule has 0 aromatic heterocycles. The van der Waals surface area contributed by atoms with Crippen molar-refractivity contribution < 1.29 is 75.4 Å². The van der Waals surface area contributed by atoms with Crippen molar-refractivity contribution in [1.29, 1.82) is 0 Å². The van der Waals surface area contributed by atoms with E-state index in [9.17, 15) is 28.8 Å². The Hall–Kier alpha value is -7.18. The van der Waals surface area contributed by atoms with Crippen molar-refractivity contribution in [3.63, 3.8) is 0 Å². The number of ether oxygens (including phenoxy) is 8. The fourth-order valence-electron chi connectivity index (χ4n) is 6.65. The van der Waals surface area contributed by atoms with E-state index in [2.05, 4.69) is 11.9 Å². The number of nitrogens with one attached hydrogen (secondary N) is 1. The molecule has 2 aliphatic rings. The molecule has 2 fully saturated rings. The SMILES string of the molecule is C.C.C.C.C=CCN(C(=O)OC(C)(C)C)[C@@H]1O[C@H](COC(=O)c2ccccc2)[C@@H](OC(=O)c2ccccc2)[C@@H]1F.CC(C)(C)OC(=O)N[C@@H]1O[C@H](COC(=O)c2ccccc2)[C@@H](OC(=O)c2ccccc2)[C@@H]1F. The van der Waals surface area contributed by atoms with Crippen molar-refractivity contribution in [2.75, 3.05) is 19.8 Å². The molecule has 0 spiro atoms. The van der Waals surface area contributed by atoms with Gasteiger partial charge >= 0.3 is 36.1 Å². The highest BCUT2D eigenvalue weighted by Crippen LogP contribution is 2.32. The normalized spacial score (nSPS) is 20.6. The second kappa shape index (κ2) is 29.4. The highest BCUT2D eigenvalue weighted by atomic mass is 19.1. The van der Waals surface area contributed by atoms with Crippen LogP contribution in [0.2, 0.25) is 0 Å². The lowest BCUT2D eigenvalue weighted by atomic mass is 10.1. The van der Waals surface area contributed by atoms with Crippen LogP contribution in [0.15, 0.2) is 134 Å². The van der Waals surface area contributed by atoms with Gasteiger partial charge in [0.2, 0.25) is 0 Å². The van der Waals surface area contributed by atoms with Gasteiger partial charge in [0.05, 0.1) is 22.3 Å². The van der Waals surface area contributed by atoms with Gasteiger partial charge in [0.1, 0.15) is 36.6 Å². The van der Waals surface area contributed by atoms with Crippen molar-refractivity contribution in [1.82, 2.24) is 10.2 Å². The number of amides is 2. The molecule has 4 aromatic carbocycles. The number of alkyl carbamates (subject to hydrolysis) is 1. The maximum absolute atomic E-state index is 15.8. The van der Waals surface area contributed by atoms with E-state index in [1.54, 1.807) is 139 Å². The molecule has 2 aliphatic heterocycles. The Morgan fingerprint density at radius 3 is 1.29 bits per heavy atom. The quantitative estimate of drug-likeness (QED) is 0.0712. The first kappa shape index (κ1) is 63.8. The third kappa shape index (κ3) is 19.1. The first-order chi connectivity index (χ1) is 32.7. The molecule has 8 atom stereocenters. The molecule has 0 bridgehead atoms. The van der Waals surface area contributed by atoms with E-state index in [1.807, 2.05) is 0 Å². The molecule has 1 N–H and O–H groups in total. The van der Waals surface area contributed by atoms with Crippen LogP contribution in [-0.2, 0) is 37.9 Å². The summed E-state index contributed by atoms with van der Waals surface area (Å²) in [5.74, 6) is -2.85. The van der Waals surface area contributed by atoms with Gasteiger partial charge in [0, 0.05) is 6.54 Å². The second-order valence-corrected chi connectivity index (χ2v) is 17.5. The minimum absolute atomic E-state index is 0. The lowest BCUT2D eigenvalue weighted by Crippen LogP contribution is -2.48. The zero-order valence-electron chi connectivity index (χ0n) is 39.0. The summed E-state index contributed by atoms with van der Waals surface area (Å²) in [4.78, 5) is 75.8. The van der Waals surface area contributed by atoms with Gasteiger partial charge in [0.15, 0.2) is 37.0 Å². The van der Waals surface area contributed by atoms with Crippen molar-refractivity contribution in [3.05, 3.63) is 156 Å². The number of alkyl halides is 2. The fraction of sp³-hybridized carbons (Fsp3) is 0.418. The Morgan fingerprint density at radius 2 is 0.918 bits per heavy atom. The summed E-state index contributed by atoms with van der Waals surface area (Å²) in [6.45, 7) is 12.7. The first-order valence-corrected chi connectivity index (χ1v) is 21.9. The minimum atomic E-state index is -1.95. The fourth-order valence-corrected chi connectivity index (χ4v) is 6.65. The molecular formula is C55H72F2N2O14. The molecule has 2 saturated heterocycles. The van der Waals surface area contributed by atoms with Crippen molar-refractivity contribution in [3.8, 4) is 0 Å². The molecule has 16 nitrogen and oxygen atoms in total. The van der Waals surface area contributed by atoms with Crippen LogP contribution < -0.4 is 5.32 Å². The Kier molecular flexibility index (Phi) is 25.7. The van der Waals surface area contributed by atoms with Crippen LogP contribution >= 0.6 is 0 Å². The number of carbonyl (C=O) groups is 6. The molecule has 73 heavy (non-hydrogen) atoms. The van der Waals surface area contributed by atoms with E-state index in [1.165, 1.54) is 30.3 Å². The van der Waals surface area contributed by atoms with Gasteiger partial charge in [-0.15, -0.1) is 6.58 Å². The summed E-state index contributed by atoms with van der Waals surface area (Å²) >= 11 is 0. The average molecular weight is 1020 g/mol. The molecule has 0 radical (unpaired) electrons. The maximum atomic E-state index is 15.8. The van der Waals surface area contributed by atoms with Crippen LogP contribution in [0.4, 0.5) is 18.4 Å². The van der Waals surface area contributed by atoms with Crippen molar-refractivity contribution in [2.45, 2.75) is 132 Å². The molecule has 400 valence electrons. The largest absolute Gasteiger partial charge is 0.459 e. The van der Waals surface area contributed by atoms with Gasteiger partial charge in [-0.25, -0.2) is 37.5 Å². The second-order valence-electron chi connectivity index (χ2n) is 17.5. The molecule has 2 heterocycles. The topological polar surface area (TPSA) is 192 Å². The molecular weight excluding hydrogens is 951 g/mol. The zero-order chi connectivity index (χ0) is 50.3. The number of benzene rings is 4. The number of halogens is 2. The van der Waals surface area contributed by atoms with Gasteiger partial charge < -0.3 is 37.9 Å². The average Bonchev–Trinajstić information content (AvgIpc) is 3.78. The van der Waals surface area contributed by atoms with E-state index in [0.29, 0.717) is 11.1 Å². The maximum Gasteiger partial charge on any atom is 0.412 e. The van der Waals surface area contributed by atoms with Crippen LogP contribution in [0.25, 0.3) is 0 Å². The Morgan fingerprint density at radius 1 is 0.562 bits per heavy atom. The van der Waals surface area contributed by atoms with Gasteiger partial charge in [0.25, 0.3) is 0 Å². The zero-order valence-corrected chi connectivity index (χ0v) is 39.0. The van der Waals surface area contributed by atoms with Crippen LogP contribution in [-0.4, -0.2) is 121 Å². The summed E-state index contributed by atoms with van der Waals surface area (Å²) < 4.78 is 74.2. The predicted molar refractivity (Wildman–Crippen MR) is 271 cm³/mol. The lowest BCUT2D eigenvalue weighted by Gasteiger charge is -2.31. The number of esters is 4. The monoisotopic (exact) mass is 1020 g/mol. The highest BCUT2D eigenvalue weighted by molar-refractivity contribution is 5.91. The molecule has 18 heteroatoms. The van der Waals surface area contributed by atoms with Crippen molar-refractivity contribution in [2.24, 2.45) is 0 Å². The van der Waals surface area contributed by atoms with E-state index in [4.69, 9.17) is 37.9 Å². The number of rotatable bonds is 14. The molecule has 4 aromatic rings. The highest BCUT2D eigenvalue weighted by Gasteiger charge is 2.53. The third-order valence-corrected chi connectivity index (χ3v) is 9.76. The summed E-state index contributed by atoms with van der Waals surface area (Å²) in [6, 6.07) is 32.6. The van der Waals surface area contributed by atoms with Gasteiger partial charge in [-0.1, -0.05) is 109 Å². The van der Waals surface area contributed by atoms with Crippen LogP contribution in [0.1, 0.15) is 113 Å². The number of hydrogen-bond acceptors (Lipinski definition) is 14. The third-order valence-electron chi connectivity index (χ3n) is 9.76. The first-order valence-electron chi connectivity index (χ1n) is 21.9. The van der Waals surface area contributed by atoms with E-state index in [0.717, 1.165) is 4.90 Å². The summed E-state index contributed by atoms with van der Waals surface area (Å²) in [5, 5.41) is 2.29. The summed E-state index contributed by atoms with van der Waals surface area (Å²) in [7, 11) is 0. The molecule has 2 amide bonds. The van der Waals surface area contributed by atoms with Gasteiger partial charge in [-0.3, -0.25) is 10.2 Å². The number of carbonyl (C=O) groups excluding carboxylic acids is 6. The van der Waals surface area contributed by atoms with E-state index >= 15 is 8.78 Å². The van der Waals surface area contributed by atoms with Crippen LogP contribution in [0.5, 0.6) is 0 Å². The Balaban J connectivity index is 0.000000694. The standard InChI is InChI=1S/C27H30FNO7.C24H26FNO7.4CH4/c1-5-16-29(26(32)36-27(2,3)4)23-21(28)22(35-25(31)19-14-10-7-11-15-19)20(34-23)17-33-24(30)18-12-8-6-9-13-18;1-24(2,3)33-23(29)26-20-18(25)19(32-22(28)16-12-8-5-9-13-16)17(31-20)14-30-21(27)15-10-6-4-7-11-15;;;;/h5-15,20-23H,1,16-17H2,2-4H3;4-13,17-20H,14H2,1-3H3,(H,26,29);4*1H4/t20-,21+,22-,23-;17-,18+,19-,20-;;;;/m11..../s1. The summed E-state index contributed by atoms with van der Waals surface area (Å²) in [6.07, 6.45) is -12.4.